The molecule has 0 fully saturated rings. The summed E-state index contributed by atoms with van der Waals surface area (Å²) in [4.78, 5) is 4.43. The standard InChI is InChI=1S/C14H13Cl2N3S3/c1-3-20-9(2)21-8-13-17-14(19-18-13)22-7-10-11(15)5-4-6-12(10)16/h3-6H,1-2,7-8H2,(H,17,18,19). The van der Waals surface area contributed by atoms with Gasteiger partial charge in [0.05, 0.1) is 5.75 Å². The van der Waals surface area contributed by atoms with Crippen LogP contribution in [0.2, 0.25) is 10.0 Å². The molecule has 0 saturated heterocycles. The third kappa shape index (κ3) is 5.28. The fraction of sp³-hybridized carbons (Fsp3) is 0.143. The van der Waals surface area contributed by atoms with Crippen LogP contribution >= 0.6 is 58.5 Å². The van der Waals surface area contributed by atoms with E-state index in [2.05, 4.69) is 28.3 Å². The molecule has 0 aliphatic rings. The van der Waals surface area contributed by atoms with E-state index in [1.165, 1.54) is 23.5 Å². The Bertz CT molecular complexity index is 653. The van der Waals surface area contributed by atoms with Crippen molar-refractivity contribution < 1.29 is 0 Å². The molecule has 0 saturated carbocycles. The first-order valence-electron chi connectivity index (χ1n) is 6.16. The van der Waals surface area contributed by atoms with Gasteiger partial charge in [-0.25, -0.2) is 4.98 Å². The fourth-order valence-electron chi connectivity index (χ4n) is 1.49. The molecule has 1 aromatic carbocycles. The van der Waals surface area contributed by atoms with Crippen LogP contribution in [-0.2, 0) is 11.5 Å². The number of nitrogens with one attached hydrogen (secondary N) is 1. The zero-order chi connectivity index (χ0) is 15.9. The number of rotatable bonds is 8. The number of benzene rings is 1. The van der Waals surface area contributed by atoms with Crippen molar-refractivity contribution in [3.63, 3.8) is 0 Å². The molecule has 1 aromatic heterocycles. The molecule has 3 nitrogen and oxygen atoms in total. The quantitative estimate of drug-likeness (QED) is 0.561. The predicted octanol–water partition coefficient (Wildman–Crippen LogP) is 5.98. The maximum atomic E-state index is 6.15. The lowest BCUT2D eigenvalue weighted by molar-refractivity contribution is 0.968. The summed E-state index contributed by atoms with van der Waals surface area (Å²) in [6.45, 7) is 7.57. The van der Waals surface area contributed by atoms with Crippen LogP contribution < -0.4 is 0 Å². The van der Waals surface area contributed by atoms with Gasteiger partial charge in [-0.1, -0.05) is 65.9 Å². The second kappa shape index (κ2) is 8.93. The molecule has 2 rings (SSSR count). The number of thioether (sulfide) groups is 3. The Balaban J connectivity index is 1.89. The highest BCUT2D eigenvalue weighted by molar-refractivity contribution is 8.23. The van der Waals surface area contributed by atoms with Crippen LogP contribution in [0.25, 0.3) is 0 Å². The van der Waals surface area contributed by atoms with E-state index < -0.39 is 0 Å². The van der Waals surface area contributed by atoms with Crippen LogP contribution in [0.5, 0.6) is 0 Å². The number of nitrogens with zero attached hydrogens (tertiary/aromatic N) is 2. The minimum Gasteiger partial charge on any atom is -0.261 e. The number of hydrogen-bond acceptors (Lipinski definition) is 5. The molecular weight excluding hydrogens is 377 g/mol. The van der Waals surface area contributed by atoms with E-state index in [-0.39, 0.29) is 0 Å². The molecule has 1 heterocycles. The number of aromatic nitrogens is 3. The van der Waals surface area contributed by atoms with Crippen LogP contribution in [0.1, 0.15) is 11.4 Å². The molecule has 0 bridgehead atoms. The largest absolute Gasteiger partial charge is 0.261 e. The summed E-state index contributed by atoms with van der Waals surface area (Å²) in [5.74, 6) is 2.13. The van der Waals surface area contributed by atoms with E-state index in [1.54, 1.807) is 17.2 Å². The first-order valence-corrected chi connectivity index (χ1v) is 9.77. The summed E-state index contributed by atoms with van der Waals surface area (Å²) in [5.41, 5.74) is 0.896. The third-order valence-corrected chi connectivity index (χ3v) is 5.90. The summed E-state index contributed by atoms with van der Waals surface area (Å²) < 4.78 is 0.975. The first-order chi connectivity index (χ1) is 10.6. The van der Waals surface area contributed by atoms with Gasteiger partial charge in [-0.3, -0.25) is 5.10 Å². The Hall–Kier alpha value is -0.530. The maximum Gasteiger partial charge on any atom is 0.208 e. The highest BCUT2D eigenvalue weighted by Crippen LogP contribution is 2.31. The summed E-state index contributed by atoms with van der Waals surface area (Å²) >= 11 is 16.9. The van der Waals surface area contributed by atoms with Gasteiger partial charge in [0.1, 0.15) is 5.82 Å². The van der Waals surface area contributed by atoms with Crippen molar-refractivity contribution in [2.24, 2.45) is 0 Å². The minimum absolute atomic E-state index is 0.627. The second-order valence-corrected chi connectivity index (χ2v) is 8.15. The number of H-pyrrole nitrogens is 1. The van der Waals surface area contributed by atoms with Crippen LogP contribution in [-0.4, -0.2) is 15.2 Å². The Morgan fingerprint density at radius 2 is 2.00 bits per heavy atom. The lowest BCUT2D eigenvalue weighted by atomic mass is 10.2. The molecule has 0 aliphatic carbocycles. The Morgan fingerprint density at radius 1 is 1.27 bits per heavy atom. The molecule has 0 radical (unpaired) electrons. The van der Waals surface area contributed by atoms with Crippen molar-refractivity contribution in [1.82, 2.24) is 15.2 Å². The molecule has 2 aromatic rings. The van der Waals surface area contributed by atoms with Gasteiger partial charge in [0.2, 0.25) is 5.16 Å². The molecule has 0 amide bonds. The van der Waals surface area contributed by atoms with Gasteiger partial charge in [0.25, 0.3) is 0 Å². The summed E-state index contributed by atoms with van der Waals surface area (Å²) in [6.07, 6.45) is 0. The molecule has 1 N–H and O–H groups in total. The van der Waals surface area contributed by atoms with Gasteiger partial charge >= 0.3 is 0 Å². The lowest BCUT2D eigenvalue weighted by Crippen LogP contribution is -1.86. The van der Waals surface area contributed by atoms with Crippen LogP contribution in [0.15, 0.2) is 46.2 Å². The summed E-state index contributed by atoms with van der Waals surface area (Å²) in [7, 11) is 0. The Kier molecular flexibility index (Phi) is 7.24. The third-order valence-electron chi connectivity index (χ3n) is 2.50. The molecule has 22 heavy (non-hydrogen) atoms. The van der Waals surface area contributed by atoms with Gasteiger partial charge in [-0.2, -0.15) is 0 Å². The van der Waals surface area contributed by atoms with Gasteiger partial charge in [-0.15, -0.1) is 16.9 Å². The molecule has 0 aliphatic heterocycles. The molecule has 0 atom stereocenters. The predicted molar refractivity (Wildman–Crippen MR) is 101 cm³/mol. The van der Waals surface area contributed by atoms with Crippen molar-refractivity contribution in [2.75, 3.05) is 0 Å². The highest BCUT2D eigenvalue weighted by atomic mass is 35.5. The second-order valence-electron chi connectivity index (χ2n) is 4.00. The van der Waals surface area contributed by atoms with E-state index in [0.29, 0.717) is 26.7 Å². The lowest BCUT2D eigenvalue weighted by Gasteiger charge is -2.04. The van der Waals surface area contributed by atoms with Crippen molar-refractivity contribution in [3.05, 3.63) is 62.4 Å². The van der Waals surface area contributed by atoms with Crippen LogP contribution in [0.4, 0.5) is 0 Å². The van der Waals surface area contributed by atoms with E-state index in [9.17, 15) is 0 Å². The van der Waals surface area contributed by atoms with Gasteiger partial charge < -0.3 is 0 Å². The monoisotopic (exact) mass is 389 g/mol. The van der Waals surface area contributed by atoms with E-state index in [1.807, 2.05) is 18.2 Å². The molecule has 0 unspecified atom stereocenters. The molecule has 116 valence electrons. The fourth-order valence-corrected chi connectivity index (χ4v) is 4.31. The normalized spacial score (nSPS) is 10.6. The minimum atomic E-state index is 0.627. The summed E-state index contributed by atoms with van der Waals surface area (Å²) in [5, 5.41) is 10.9. The van der Waals surface area contributed by atoms with Crippen LogP contribution in [0.3, 0.4) is 0 Å². The smallest absolute Gasteiger partial charge is 0.208 e. The Morgan fingerprint density at radius 3 is 2.68 bits per heavy atom. The van der Waals surface area contributed by atoms with Gasteiger partial charge in [0.15, 0.2) is 0 Å². The molecule has 8 heteroatoms. The van der Waals surface area contributed by atoms with E-state index >= 15 is 0 Å². The molecular formula is C14H13Cl2N3S3. The Labute approximate surface area is 152 Å². The number of hydrogen-bond donors (Lipinski definition) is 1. The zero-order valence-corrected chi connectivity index (χ0v) is 15.5. The van der Waals surface area contributed by atoms with Gasteiger partial charge in [-0.05, 0) is 23.1 Å². The van der Waals surface area contributed by atoms with E-state index in [0.717, 1.165) is 15.6 Å². The zero-order valence-electron chi connectivity index (χ0n) is 11.5. The maximum absolute atomic E-state index is 6.15. The van der Waals surface area contributed by atoms with E-state index in [4.69, 9.17) is 23.2 Å². The SMILES string of the molecule is C=CSC(=C)SCc1nc(SCc2c(Cl)cccc2Cl)n[nH]1. The van der Waals surface area contributed by atoms with Crippen molar-refractivity contribution in [3.8, 4) is 0 Å². The average molecular weight is 390 g/mol. The van der Waals surface area contributed by atoms with Gasteiger partial charge in [0, 0.05) is 20.0 Å². The van der Waals surface area contributed by atoms with Crippen molar-refractivity contribution in [1.29, 1.82) is 0 Å². The summed E-state index contributed by atoms with van der Waals surface area (Å²) in [6, 6.07) is 5.48. The average Bonchev–Trinajstić information content (AvgIpc) is 2.93. The number of halogens is 2. The highest BCUT2D eigenvalue weighted by Gasteiger charge is 2.09. The number of aromatic amines is 1. The van der Waals surface area contributed by atoms with Crippen LogP contribution in [0, 0.1) is 0 Å². The van der Waals surface area contributed by atoms with Crippen molar-refractivity contribution in [2.45, 2.75) is 16.7 Å². The topological polar surface area (TPSA) is 41.6 Å². The van der Waals surface area contributed by atoms with Crippen molar-refractivity contribution >= 4 is 58.5 Å². The molecule has 0 spiro atoms. The first kappa shape index (κ1) is 17.8.